The summed E-state index contributed by atoms with van der Waals surface area (Å²) in [7, 11) is -16.8. The number of nitrogen functional groups attached to an aromatic ring is 1. The topological polar surface area (TPSA) is 393 Å². The number of anilines is 3. The van der Waals surface area contributed by atoms with Crippen molar-refractivity contribution in [2.24, 2.45) is 40.9 Å². The predicted octanol–water partition coefficient (Wildman–Crippen LogP) is 11.2. The van der Waals surface area contributed by atoms with Gasteiger partial charge in [-0.15, -0.1) is 20.5 Å². The molecule has 0 aromatic heterocycles. The smallest absolute Gasteiger partial charge is 0.296 e. The van der Waals surface area contributed by atoms with E-state index >= 15 is 0 Å². The molecule has 0 fully saturated rings. The zero-order valence-corrected chi connectivity index (χ0v) is 41.3. The average molecular weight is 1080 g/mol. The van der Waals surface area contributed by atoms with E-state index in [1.165, 1.54) is 62.8 Å². The zero-order chi connectivity index (χ0) is 53.2. The number of ether oxygens (including phenoxy) is 2. The van der Waals surface area contributed by atoms with Crippen molar-refractivity contribution in [3.63, 3.8) is 0 Å². The number of rotatable bonds is 16. The second-order valence-corrected chi connectivity index (χ2v) is 20.9. The van der Waals surface area contributed by atoms with Gasteiger partial charge in [-0.25, -0.2) is 0 Å². The van der Waals surface area contributed by atoms with Crippen molar-refractivity contribution in [3.05, 3.63) is 120 Å². The number of nitrogens with one attached hydrogen (secondary N) is 1. The van der Waals surface area contributed by atoms with Gasteiger partial charge in [0, 0.05) is 28.9 Å². The first-order valence-electron chi connectivity index (χ1n) is 20.4. The number of phenolic OH excluding ortho intramolecular Hbond substituents is 1. The average Bonchev–Trinajstić information content (AvgIpc) is 3.31. The van der Waals surface area contributed by atoms with Crippen molar-refractivity contribution in [1.29, 1.82) is 0 Å². The lowest BCUT2D eigenvalue weighted by Gasteiger charge is -2.13. The number of aromatic hydroxyl groups is 1. The SMILES string of the molecule is COc1cc(N=Nc2c(S(=O)(=O)O)cc3cc(Nc4ccc(N)c(S(=O)(=O)O)c4)ccc3c2O)c(OC)cc1N=Nc1ccc(N=Nc2ccc(N=Nc3ccc(S(=O)(=O)O)cc3S(=O)(=O)O)c(C)c2)c(C)c1. The fourth-order valence-electron chi connectivity index (χ4n) is 6.75. The highest BCUT2D eigenvalue weighted by atomic mass is 32.2. The lowest BCUT2D eigenvalue weighted by atomic mass is 10.1. The number of fused-ring (bicyclic) bond motifs is 1. The molecule has 0 bridgehead atoms. The summed E-state index contributed by atoms with van der Waals surface area (Å²) in [6.07, 6.45) is 0. The molecule has 0 atom stereocenters. The minimum absolute atomic E-state index is 0.00761. The summed E-state index contributed by atoms with van der Waals surface area (Å²) < 4.78 is 145. The molecule has 0 spiro atoms. The first kappa shape index (κ1) is 52.7. The Morgan fingerprint density at radius 1 is 0.466 bits per heavy atom. The van der Waals surface area contributed by atoms with Gasteiger partial charge in [-0.1, -0.05) is 0 Å². The van der Waals surface area contributed by atoms with Gasteiger partial charge < -0.3 is 25.6 Å². The Balaban J connectivity index is 1.08. The fourth-order valence-corrected chi connectivity index (χ4v) is 9.28. The molecule has 0 aliphatic rings. The maximum atomic E-state index is 12.6. The molecule has 25 nitrogen and oxygen atoms in total. The van der Waals surface area contributed by atoms with E-state index in [1.54, 1.807) is 44.2 Å². The van der Waals surface area contributed by atoms with E-state index in [-0.39, 0.29) is 62.1 Å². The van der Waals surface area contributed by atoms with Gasteiger partial charge in [0.15, 0.2) is 5.75 Å². The molecule has 0 amide bonds. The molecule has 0 unspecified atom stereocenters. The zero-order valence-electron chi connectivity index (χ0n) is 38.0. The van der Waals surface area contributed by atoms with Gasteiger partial charge >= 0.3 is 0 Å². The highest BCUT2D eigenvalue weighted by Crippen LogP contribution is 2.45. The molecule has 0 aliphatic heterocycles. The summed E-state index contributed by atoms with van der Waals surface area (Å²) >= 11 is 0. The van der Waals surface area contributed by atoms with E-state index in [0.29, 0.717) is 34.3 Å². The van der Waals surface area contributed by atoms with Crippen LogP contribution < -0.4 is 20.5 Å². The van der Waals surface area contributed by atoms with Crippen molar-refractivity contribution in [2.75, 3.05) is 25.3 Å². The van der Waals surface area contributed by atoms with E-state index in [0.717, 1.165) is 24.3 Å². The van der Waals surface area contributed by atoms with Crippen LogP contribution in [0.4, 0.5) is 62.6 Å². The fraction of sp³-hybridized carbons (Fsp3) is 0.0909. The summed E-state index contributed by atoms with van der Waals surface area (Å²) in [4.78, 5) is -3.00. The van der Waals surface area contributed by atoms with Gasteiger partial charge in [0.05, 0.1) is 47.6 Å². The molecule has 0 radical (unpaired) electrons. The largest absolute Gasteiger partial charge is 0.505 e. The maximum Gasteiger partial charge on any atom is 0.296 e. The molecule has 7 aromatic carbocycles. The third-order valence-corrected chi connectivity index (χ3v) is 13.8. The summed E-state index contributed by atoms with van der Waals surface area (Å²) in [6, 6.07) is 24.0. The van der Waals surface area contributed by atoms with Crippen LogP contribution in [0, 0.1) is 13.8 Å². The summed E-state index contributed by atoms with van der Waals surface area (Å²) in [6.45, 7) is 3.43. The molecule has 0 aliphatic carbocycles. The normalized spacial score (nSPS) is 12.7. The second kappa shape index (κ2) is 20.5. The van der Waals surface area contributed by atoms with Crippen molar-refractivity contribution < 1.29 is 66.5 Å². The van der Waals surface area contributed by atoms with Crippen molar-refractivity contribution in [1.82, 2.24) is 0 Å². The monoisotopic (exact) mass is 1070 g/mol. The Bertz CT molecular complexity index is 3980. The maximum absolute atomic E-state index is 12.6. The summed E-state index contributed by atoms with van der Waals surface area (Å²) in [5.41, 5.74) is 7.91. The first-order valence-corrected chi connectivity index (χ1v) is 26.1. The van der Waals surface area contributed by atoms with Crippen LogP contribution in [0.1, 0.15) is 11.1 Å². The number of methoxy groups -OCH3 is 2. The van der Waals surface area contributed by atoms with E-state index in [4.69, 9.17) is 15.2 Å². The van der Waals surface area contributed by atoms with Crippen LogP contribution in [0.2, 0.25) is 0 Å². The molecular formula is C44H38N10O15S4. The predicted molar refractivity (Wildman–Crippen MR) is 264 cm³/mol. The van der Waals surface area contributed by atoms with Crippen molar-refractivity contribution in [2.45, 2.75) is 33.4 Å². The van der Waals surface area contributed by atoms with Gasteiger partial charge in [0.25, 0.3) is 40.5 Å². The van der Waals surface area contributed by atoms with Gasteiger partial charge in [0.2, 0.25) is 0 Å². The number of aryl methyl sites for hydroxylation is 2. The van der Waals surface area contributed by atoms with Crippen LogP contribution in [0.25, 0.3) is 10.8 Å². The Labute approximate surface area is 415 Å². The standard InChI is InChI=1S/C44H38N10O15S4/c1-23-15-29(7-12-33(23)49-47-28-8-13-34(24(2)16-28)50-51-35-14-9-30(70(56,57)58)20-41(35)72(62,63)64)48-52-36-21-39(69-4)37(22-38(36)68-3)53-54-43-42(73(65,66)67)18-25-17-26(5-10-31(25)44(43)55)46-27-6-11-32(45)40(19-27)71(59,60)61/h5-22,46,55H,45H2,1-4H3,(H,56,57,58)(H,59,60,61)(H,62,63,64)(H,65,66,67). The number of hydrogen-bond acceptors (Lipinski definition) is 21. The minimum atomic E-state index is -5.04. The lowest BCUT2D eigenvalue weighted by Crippen LogP contribution is -2.04. The first-order chi connectivity index (χ1) is 34.2. The van der Waals surface area contributed by atoms with Gasteiger partial charge in [-0.3, -0.25) is 18.2 Å². The van der Waals surface area contributed by atoms with Crippen LogP contribution in [-0.4, -0.2) is 71.2 Å². The Morgan fingerprint density at radius 2 is 0.945 bits per heavy atom. The Hall–Kier alpha value is -8.16. The third-order valence-electron chi connectivity index (χ3n) is 10.3. The van der Waals surface area contributed by atoms with Gasteiger partial charge in [0.1, 0.15) is 48.9 Å². The minimum Gasteiger partial charge on any atom is -0.505 e. The summed E-state index contributed by atoms with van der Waals surface area (Å²) in [5, 5.41) is 47.6. The molecule has 73 heavy (non-hydrogen) atoms. The van der Waals surface area contributed by atoms with Crippen LogP contribution >= 0.6 is 0 Å². The van der Waals surface area contributed by atoms with E-state index < -0.39 is 71.5 Å². The highest BCUT2D eigenvalue weighted by molar-refractivity contribution is 7.87. The highest BCUT2D eigenvalue weighted by Gasteiger charge is 2.24. The van der Waals surface area contributed by atoms with Crippen LogP contribution in [0.5, 0.6) is 17.2 Å². The summed E-state index contributed by atoms with van der Waals surface area (Å²) in [5.74, 6) is -0.468. The Kier molecular flexibility index (Phi) is 14.8. The van der Waals surface area contributed by atoms with Crippen LogP contribution in [0.15, 0.2) is 170 Å². The second-order valence-electron chi connectivity index (χ2n) is 15.4. The van der Waals surface area contributed by atoms with Crippen LogP contribution in [-0.2, 0) is 40.5 Å². The van der Waals surface area contributed by atoms with Gasteiger partial charge in [-0.05, 0) is 127 Å². The third kappa shape index (κ3) is 12.3. The molecule has 7 aromatic rings. The Morgan fingerprint density at radius 3 is 1.47 bits per heavy atom. The molecule has 0 saturated heterocycles. The number of nitrogens with two attached hydrogens (primary N) is 1. The van der Waals surface area contributed by atoms with E-state index in [9.17, 15) is 57.0 Å². The quantitative estimate of drug-likeness (QED) is 0.0268. The molecule has 8 N–H and O–H groups in total. The number of nitrogens with zero attached hydrogens (tertiary/aromatic N) is 8. The molecule has 29 heteroatoms. The van der Waals surface area contributed by atoms with Crippen molar-refractivity contribution >= 4 is 114 Å². The lowest BCUT2D eigenvalue weighted by molar-refractivity contribution is 0.405. The van der Waals surface area contributed by atoms with Crippen molar-refractivity contribution in [3.8, 4) is 17.2 Å². The molecule has 7 rings (SSSR count). The number of hydrogen-bond donors (Lipinski definition) is 7. The van der Waals surface area contributed by atoms with E-state index in [2.05, 4.69) is 46.2 Å². The van der Waals surface area contributed by atoms with Crippen LogP contribution in [0.3, 0.4) is 0 Å². The molecular weight excluding hydrogens is 1040 g/mol. The molecule has 378 valence electrons. The van der Waals surface area contributed by atoms with Gasteiger partial charge in [-0.2, -0.15) is 54.1 Å². The van der Waals surface area contributed by atoms with E-state index in [1.807, 2.05) is 0 Å². The molecule has 0 heterocycles. The number of phenols is 1. The number of benzene rings is 7. The number of azo groups is 4. The molecule has 0 saturated carbocycles.